The Morgan fingerprint density at radius 2 is 1.60 bits per heavy atom. The molecule has 0 heterocycles. The highest BCUT2D eigenvalue weighted by molar-refractivity contribution is 5.27. The van der Waals surface area contributed by atoms with Crippen LogP contribution in [0.3, 0.4) is 0 Å². The van der Waals surface area contributed by atoms with Gasteiger partial charge in [0.2, 0.25) is 0 Å². The second-order valence-corrected chi connectivity index (χ2v) is 5.25. The largest absolute Gasteiger partial charge is 0.497 e. The smallest absolute Gasteiger partial charge is 0.118 e. The van der Waals surface area contributed by atoms with Crippen LogP contribution >= 0.6 is 0 Å². The Balaban J connectivity index is 1.90. The first kappa shape index (κ1) is 14.6. The van der Waals surface area contributed by atoms with Crippen LogP contribution < -0.4 is 10.1 Å². The molecular formula is C18H23NO. The number of ether oxygens (including phenoxy) is 1. The highest BCUT2D eigenvalue weighted by Crippen LogP contribution is 2.15. The van der Waals surface area contributed by atoms with E-state index in [1.807, 2.05) is 12.1 Å². The number of benzene rings is 2. The molecule has 0 aliphatic rings. The molecule has 2 aromatic rings. The molecule has 0 spiro atoms. The van der Waals surface area contributed by atoms with Crippen molar-refractivity contribution in [2.24, 2.45) is 0 Å². The second kappa shape index (κ2) is 7.11. The maximum absolute atomic E-state index is 5.18. The number of rotatable bonds is 6. The lowest BCUT2D eigenvalue weighted by molar-refractivity contribution is 0.414. The lowest BCUT2D eigenvalue weighted by Crippen LogP contribution is -2.30. The van der Waals surface area contributed by atoms with E-state index in [9.17, 15) is 0 Å². The van der Waals surface area contributed by atoms with E-state index in [0.29, 0.717) is 12.1 Å². The van der Waals surface area contributed by atoms with Crippen molar-refractivity contribution in [2.45, 2.75) is 32.4 Å². The van der Waals surface area contributed by atoms with E-state index < -0.39 is 0 Å². The van der Waals surface area contributed by atoms with Crippen molar-refractivity contribution in [3.05, 3.63) is 65.7 Å². The number of nitrogens with one attached hydrogen (secondary N) is 1. The minimum absolute atomic E-state index is 0.365. The third-order valence-corrected chi connectivity index (χ3v) is 3.54. The highest BCUT2D eigenvalue weighted by Gasteiger charge is 2.09. The summed E-state index contributed by atoms with van der Waals surface area (Å²) in [7, 11) is 1.70. The molecule has 0 aliphatic heterocycles. The standard InChI is InChI=1S/C18H23NO/c1-14(13-16-9-11-18(20-3)12-10-16)19-15(2)17-7-5-4-6-8-17/h4-12,14-15,19H,13H2,1-3H3/t14-,15+/m0/s1. The van der Waals surface area contributed by atoms with Gasteiger partial charge < -0.3 is 10.1 Å². The van der Waals surface area contributed by atoms with Gasteiger partial charge in [-0.05, 0) is 43.5 Å². The fraction of sp³-hybridized carbons (Fsp3) is 0.333. The van der Waals surface area contributed by atoms with Crippen LogP contribution in [0.5, 0.6) is 5.75 Å². The maximum Gasteiger partial charge on any atom is 0.118 e. The summed E-state index contributed by atoms with van der Waals surface area (Å²) in [5, 5.41) is 3.64. The van der Waals surface area contributed by atoms with E-state index in [2.05, 4.69) is 61.6 Å². The lowest BCUT2D eigenvalue weighted by Gasteiger charge is -2.20. The van der Waals surface area contributed by atoms with Gasteiger partial charge in [0.05, 0.1) is 7.11 Å². The van der Waals surface area contributed by atoms with Crippen molar-refractivity contribution in [1.82, 2.24) is 5.32 Å². The van der Waals surface area contributed by atoms with E-state index in [-0.39, 0.29) is 0 Å². The van der Waals surface area contributed by atoms with Crippen molar-refractivity contribution in [3.63, 3.8) is 0 Å². The zero-order chi connectivity index (χ0) is 14.4. The first-order chi connectivity index (χ1) is 9.69. The highest BCUT2D eigenvalue weighted by atomic mass is 16.5. The topological polar surface area (TPSA) is 21.3 Å². The van der Waals surface area contributed by atoms with Crippen molar-refractivity contribution in [3.8, 4) is 5.75 Å². The Bertz CT molecular complexity index is 507. The molecule has 0 radical (unpaired) electrons. The minimum Gasteiger partial charge on any atom is -0.497 e. The summed E-state index contributed by atoms with van der Waals surface area (Å²) in [6.45, 7) is 4.43. The lowest BCUT2D eigenvalue weighted by atomic mass is 10.0. The summed E-state index contributed by atoms with van der Waals surface area (Å²) in [5.74, 6) is 0.909. The Labute approximate surface area is 121 Å². The SMILES string of the molecule is COc1ccc(C[C@H](C)N[C@H](C)c2ccccc2)cc1. The molecule has 106 valence electrons. The Hall–Kier alpha value is -1.80. The van der Waals surface area contributed by atoms with Gasteiger partial charge in [0.1, 0.15) is 5.75 Å². The van der Waals surface area contributed by atoms with Gasteiger partial charge in [0.15, 0.2) is 0 Å². The molecule has 0 fully saturated rings. The van der Waals surface area contributed by atoms with Gasteiger partial charge in [-0.1, -0.05) is 42.5 Å². The molecule has 2 nitrogen and oxygen atoms in total. The molecule has 0 bridgehead atoms. The van der Waals surface area contributed by atoms with Gasteiger partial charge in [-0.2, -0.15) is 0 Å². The predicted molar refractivity (Wildman–Crippen MR) is 84.2 cm³/mol. The summed E-state index contributed by atoms with van der Waals surface area (Å²) in [4.78, 5) is 0. The molecule has 0 unspecified atom stereocenters. The van der Waals surface area contributed by atoms with Crippen molar-refractivity contribution in [2.75, 3.05) is 7.11 Å². The second-order valence-electron chi connectivity index (χ2n) is 5.25. The molecule has 0 amide bonds. The average Bonchev–Trinajstić information content (AvgIpc) is 2.49. The van der Waals surface area contributed by atoms with Crippen molar-refractivity contribution in [1.29, 1.82) is 0 Å². The van der Waals surface area contributed by atoms with Gasteiger partial charge >= 0.3 is 0 Å². The Morgan fingerprint density at radius 1 is 0.950 bits per heavy atom. The van der Waals surface area contributed by atoms with Crippen LogP contribution in [-0.4, -0.2) is 13.2 Å². The van der Waals surface area contributed by atoms with Crippen LogP contribution in [-0.2, 0) is 6.42 Å². The number of methoxy groups -OCH3 is 1. The summed E-state index contributed by atoms with van der Waals surface area (Å²) >= 11 is 0. The molecule has 2 atom stereocenters. The van der Waals surface area contributed by atoms with Crippen molar-refractivity contribution < 1.29 is 4.74 Å². The zero-order valence-electron chi connectivity index (χ0n) is 12.5. The number of hydrogen-bond acceptors (Lipinski definition) is 2. The minimum atomic E-state index is 0.365. The van der Waals surface area contributed by atoms with Gasteiger partial charge in [0.25, 0.3) is 0 Å². The number of hydrogen-bond donors (Lipinski definition) is 1. The van der Waals surface area contributed by atoms with Gasteiger partial charge in [-0.25, -0.2) is 0 Å². The fourth-order valence-corrected chi connectivity index (χ4v) is 2.44. The van der Waals surface area contributed by atoms with Gasteiger partial charge in [-0.3, -0.25) is 0 Å². The molecule has 2 aromatic carbocycles. The van der Waals surface area contributed by atoms with Gasteiger partial charge in [-0.15, -0.1) is 0 Å². The van der Waals surface area contributed by atoms with E-state index >= 15 is 0 Å². The molecule has 0 aromatic heterocycles. The monoisotopic (exact) mass is 269 g/mol. The average molecular weight is 269 g/mol. The van der Waals surface area contributed by atoms with Crippen molar-refractivity contribution >= 4 is 0 Å². The van der Waals surface area contributed by atoms with Crippen LogP contribution in [0, 0.1) is 0 Å². The fourth-order valence-electron chi connectivity index (χ4n) is 2.44. The molecule has 0 saturated heterocycles. The molecule has 2 heteroatoms. The van der Waals surface area contributed by atoms with Crippen LogP contribution in [0.4, 0.5) is 0 Å². The Morgan fingerprint density at radius 3 is 2.20 bits per heavy atom. The first-order valence-corrected chi connectivity index (χ1v) is 7.13. The van der Waals surface area contributed by atoms with Crippen LogP contribution in [0.15, 0.2) is 54.6 Å². The van der Waals surface area contributed by atoms with Gasteiger partial charge in [0, 0.05) is 12.1 Å². The van der Waals surface area contributed by atoms with E-state index in [0.717, 1.165) is 12.2 Å². The third-order valence-electron chi connectivity index (χ3n) is 3.54. The molecule has 0 aliphatic carbocycles. The summed E-state index contributed by atoms with van der Waals surface area (Å²) in [6, 6.07) is 19.6. The van der Waals surface area contributed by atoms with Crippen LogP contribution in [0.2, 0.25) is 0 Å². The van der Waals surface area contributed by atoms with Crippen LogP contribution in [0.25, 0.3) is 0 Å². The predicted octanol–water partition coefficient (Wildman–Crippen LogP) is 3.98. The first-order valence-electron chi connectivity index (χ1n) is 7.13. The van der Waals surface area contributed by atoms with E-state index in [1.54, 1.807) is 7.11 Å². The molecule has 1 N–H and O–H groups in total. The zero-order valence-corrected chi connectivity index (χ0v) is 12.5. The molecule has 0 saturated carbocycles. The quantitative estimate of drug-likeness (QED) is 0.856. The summed E-state index contributed by atoms with van der Waals surface area (Å²) in [5.41, 5.74) is 2.65. The van der Waals surface area contributed by atoms with Crippen LogP contribution in [0.1, 0.15) is 31.0 Å². The third kappa shape index (κ3) is 4.10. The summed E-state index contributed by atoms with van der Waals surface area (Å²) in [6.07, 6.45) is 1.02. The van der Waals surface area contributed by atoms with E-state index in [4.69, 9.17) is 4.74 Å². The normalized spacial score (nSPS) is 13.8. The van der Waals surface area contributed by atoms with E-state index in [1.165, 1.54) is 11.1 Å². The molecular weight excluding hydrogens is 246 g/mol. The summed E-state index contributed by atoms with van der Waals surface area (Å²) < 4.78 is 5.18. The molecule has 2 rings (SSSR count). The maximum atomic E-state index is 5.18. The Kier molecular flexibility index (Phi) is 5.19. The molecule has 20 heavy (non-hydrogen) atoms.